The number of amides is 1. The van der Waals surface area contributed by atoms with Crippen molar-refractivity contribution in [1.29, 1.82) is 0 Å². The summed E-state index contributed by atoms with van der Waals surface area (Å²) >= 11 is 1.38. The van der Waals surface area contributed by atoms with E-state index in [0.717, 1.165) is 41.7 Å². The van der Waals surface area contributed by atoms with Crippen LogP contribution in [0.25, 0.3) is 16.6 Å². The molecule has 1 aromatic carbocycles. The van der Waals surface area contributed by atoms with E-state index in [-0.39, 0.29) is 17.8 Å². The van der Waals surface area contributed by atoms with Crippen molar-refractivity contribution in [2.24, 2.45) is 0 Å². The Labute approximate surface area is 161 Å². The molecule has 3 aromatic rings. The minimum absolute atomic E-state index is 0.0307. The van der Waals surface area contributed by atoms with Crippen LogP contribution < -0.4 is 5.32 Å². The summed E-state index contributed by atoms with van der Waals surface area (Å²) in [5.74, 6) is 0.247. The van der Waals surface area contributed by atoms with E-state index in [4.69, 9.17) is 4.74 Å². The molecule has 1 aliphatic rings. The number of thioether (sulfide) groups is 1. The first-order valence-electron chi connectivity index (χ1n) is 9.00. The SMILES string of the molecule is Cc1nnc(SCC(=O)NCC2CCCO2)c2c1cnn2-c1ccccc1. The van der Waals surface area contributed by atoms with Crippen LogP contribution in [-0.4, -0.2) is 50.9 Å². The second-order valence-electron chi connectivity index (χ2n) is 6.47. The first kappa shape index (κ1) is 17.9. The molecule has 0 bridgehead atoms. The number of aromatic nitrogens is 4. The topological polar surface area (TPSA) is 81.9 Å². The van der Waals surface area contributed by atoms with Crippen molar-refractivity contribution in [3.63, 3.8) is 0 Å². The maximum Gasteiger partial charge on any atom is 0.230 e. The van der Waals surface area contributed by atoms with Gasteiger partial charge in [-0.1, -0.05) is 30.0 Å². The van der Waals surface area contributed by atoms with Gasteiger partial charge in [-0.25, -0.2) is 4.68 Å². The van der Waals surface area contributed by atoms with Crippen LogP contribution in [0, 0.1) is 6.92 Å². The van der Waals surface area contributed by atoms with Crippen molar-refractivity contribution in [3.05, 3.63) is 42.2 Å². The summed E-state index contributed by atoms with van der Waals surface area (Å²) in [6, 6.07) is 9.88. The van der Waals surface area contributed by atoms with Crippen LogP contribution >= 0.6 is 11.8 Å². The van der Waals surface area contributed by atoms with E-state index >= 15 is 0 Å². The summed E-state index contributed by atoms with van der Waals surface area (Å²) in [4.78, 5) is 12.2. The number of carbonyl (C=O) groups is 1. The van der Waals surface area contributed by atoms with Crippen LogP contribution in [0.2, 0.25) is 0 Å². The van der Waals surface area contributed by atoms with Gasteiger partial charge in [0.15, 0.2) is 0 Å². The molecule has 0 aliphatic carbocycles. The predicted octanol–water partition coefficient (Wildman–Crippen LogP) is 2.51. The zero-order valence-corrected chi connectivity index (χ0v) is 15.9. The van der Waals surface area contributed by atoms with E-state index in [0.29, 0.717) is 11.6 Å². The van der Waals surface area contributed by atoms with Gasteiger partial charge in [0.25, 0.3) is 0 Å². The van der Waals surface area contributed by atoms with Gasteiger partial charge in [0.1, 0.15) is 10.5 Å². The molecule has 3 heterocycles. The number of ether oxygens (including phenoxy) is 1. The number of aryl methyl sites for hydroxylation is 1. The predicted molar refractivity (Wildman–Crippen MR) is 104 cm³/mol. The number of carbonyl (C=O) groups excluding carboxylic acids is 1. The van der Waals surface area contributed by atoms with Gasteiger partial charge in [0, 0.05) is 18.5 Å². The molecule has 1 N–H and O–H groups in total. The van der Waals surface area contributed by atoms with Crippen molar-refractivity contribution >= 4 is 28.6 Å². The largest absolute Gasteiger partial charge is 0.376 e. The quantitative estimate of drug-likeness (QED) is 0.659. The molecule has 1 amide bonds. The molecular formula is C19H21N5O2S. The number of nitrogens with one attached hydrogen (secondary N) is 1. The van der Waals surface area contributed by atoms with Crippen molar-refractivity contribution in [2.45, 2.75) is 30.9 Å². The lowest BCUT2D eigenvalue weighted by Gasteiger charge is -2.11. The van der Waals surface area contributed by atoms with E-state index in [9.17, 15) is 4.79 Å². The number of nitrogens with zero attached hydrogens (tertiary/aromatic N) is 4. The third-order valence-electron chi connectivity index (χ3n) is 4.54. The second-order valence-corrected chi connectivity index (χ2v) is 7.44. The van der Waals surface area contributed by atoms with Crippen molar-refractivity contribution in [2.75, 3.05) is 18.9 Å². The Morgan fingerprint density at radius 2 is 2.19 bits per heavy atom. The first-order valence-corrected chi connectivity index (χ1v) is 9.98. The summed E-state index contributed by atoms with van der Waals surface area (Å²) in [7, 11) is 0. The van der Waals surface area contributed by atoms with E-state index < -0.39 is 0 Å². The fraction of sp³-hybridized carbons (Fsp3) is 0.368. The zero-order valence-electron chi connectivity index (χ0n) is 15.1. The van der Waals surface area contributed by atoms with Crippen molar-refractivity contribution in [3.8, 4) is 5.69 Å². The molecule has 0 radical (unpaired) electrons. The number of fused-ring (bicyclic) bond motifs is 1. The Balaban J connectivity index is 1.52. The molecule has 4 rings (SSSR count). The van der Waals surface area contributed by atoms with Crippen LogP contribution in [0.15, 0.2) is 41.6 Å². The minimum Gasteiger partial charge on any atom is -0.376 e. The molecule has 140 valence electrons. The molecule has 7 nitrogen and oxygen atoms in total. The average molecular weight is 383 g/mol. The van der Waals surface area contributed by atoms with Gasteiger partial charge in [-0.05, 0) is 31.9 Å². The lowest BCUT2D eigenvalue weighted by Crippen LogP contribution is -2.32. The van der Waals surface area contributed by atoms with Gasteiger partial charge in [-0.15, -0.1) is 5.10 Å². The van der Waals surface area contributed by atoms with Gasteiger partial charge in [0.05, 0.1) is 29.4 Å². The van der Waals surface area contributed by atoms with E-state index in [1.165, 1.54) is 11.8 Å². The Morgan fingerprint density at radius 1 is 1.33 bits per heavy atom. The molecule has 1 atom stereocenters. The zero-order chi connectivity index (χ0) is 18.6. The van der Waals surface area contributed by atoms with Crippen LogP contribution in [0.5, 0.6) is 0 Å². The Bertz CT molecular complexity index is 938. The third-order valence-corrected chi connectivity index (χ3v) is 5.50. The van der Waals surface area contributed by atoms with Crippen LogP contribution in [-0.2, 0) is 9.53 Å². The fourth-order valence-corrected chi connectivity index (χ4v) is 3.92. The van der Waals surface area contributed by atoms with Crippen LogP contribution in [0.3, 0.4) is 0 Å². The van der Waals surface area contributed by atoms with E-state index in [1.807, 2.05) is 41.9 Å². The normalized spacial score (nSPS) is 16.7. The summed E-state index contributed by atoms with van der Waals surface area (Å²) in [6.45, 7) is 3.27. The number of rotatable bonds is 6. The van der Waals surface area contributed by atoms with Gasteiger partial charge in [-0.3, -0.25) is 4.79 Å². The number of hydrogen-bond donors (Lipinski definition) is 1. The average Bonchev–Trinajstić information content (AvgIpc) is 3.37. The van der Waals surface area contributed by atoms with Gasteiger partial charge in [-0.2, -0.15) is 10.2 Å². The third kappa shape index (κ3) is 3.96. The minimum atomic E-state index is -0.0307. The molecular weight excluding hydrogens is 362 g/mol. The molecule has 1 unspecified atom stereocenters. The van der Waals surface area contributed by atoms with Crippen molar-refractivity contribution < 1.29 is 9.53 Å². The van der Waals surface area contributed by atoms with Crippen LogP contribution in [0.1, 0.15) is 18.5 Å². The molecule has 8 heteroatoms. The number of benzene rings is 1. The lowest BCUT2D eigenvalue weighted by atomic mass is 10.2. The highest BCUT2D eigenvalue weighted by Crippen LogP contribution is 2.28. The van der Waals surface area contributed by atoms with Crippen molar-refractivity contribution in [1.82, 2.24) is 25.3 Å². The van der Waals surface area contributed by atoms with Gasteiger partial charge in [0.2, 0.25) is 5.91 Å². The highest BCUT2D eigenvalue weighted by atomic mass is 32.2. The second kappa shape index (κ2) is 8.06. The van der Waals surface area contributed by atoms with Crippen LogP contribution in [0.4, 0.5) is 0 Å². The summed E-state index contributed by atoms with van der Waals surface area (Å²) < 4.78 is 7.39. The Morgan fingerprint density at radius 3 is 2.96 bits per heavy atom. The standard InChI is InChI=1S/C19H21N5O2S/c1-13-16-11-21-24(14-6-3-2-4-7-14)18(16)19(23-22-13)27-12-17(25)20-10-15-8-5-9-26-15/h2-4,6-7,11,15H,5,8-10,12H2,1H3,(H,20,25). The molecule has 1 aliphatic heterocycles. The molecule has 2 aromatic heterocycles. The summed E-state index contributed by atoms with van der Waals surface area (Å²) in [6.07, 6.45) is 4.02. The number of para-hydroxylation sites is 1. The molecule has 27 heavy (non-hydrogen) atoms. The maximum absolute atomic E-state index is 12.2. The van der Waals surface area contributed by atoms with Gasteiger partial charge < -0.3 is 10.1 Å². The first-order chi connectivity index (χ1) is 13.2. The fourth-order valence-electron chi connectivity index (χ4n) is 3.12. The van der Waals surface area contributed by atoms with E-state index in [2.05, 4.69) is 20.6 Å². The Kier molecular flexibility index (Phi) is 5.35. The summed E-state index contributed by atoms with van der Waals surface area (Å²) in [5, 5.41) is 17.6. The van der Waals surface area contributed by atoms with E-state index in [1.54, 1.807) is 6.20 Å². The summed E-state index contributed by atoms with van der Waals surface area (Å²) in [5.41, 5.74) is 2.65. The highest BCUT2D eigenvalue weighted by molar-refractivity contribution is 8.00. The number of hydrogen-bond acceptors (Lipinski definition) is 6. The molecule has 1 saturated heterocycles. The molecule has 1 fully saturated rings. The Hall–Kier alpha value is -2.45. The lowest BCUT2D eigenvalue weighted by molar-refractivity contribution is -0.119. The van der Waals surface area contributed by atoms with Gasteiger partial charge >= 0.3 is 0 Å². The highest BCUT2D eigenvalue weighted by Gasteiger charge is 2.18. The molecule has 0 saturated carbocycles. The monoisotopic (exact) mass is 383 g/mol. The smallest absolute Gasteiger partial charge is 0.230 e. The molecule has 0 spiro atoms. The maximum atomic E-state index is 12.2.